The fourth-order valence-corrected chi connectivity index (χ4v) is 2.81. The number of aromatic nitrogens is 2. The molecule has 3 rings (SSSR count). The zero-order chi connectivity index (χ0) is 16.2. The largest absolute Gasteiger partial charge is 0.298 e. The SMILES string of the molecule is Cc1csc(NC(=O)c2cncc(Cc3ccc(F)cc3)c2)n1. The number of carbonyl (C=O) groups is 1. The lowest BCUT2D eigenvalue weighted by atomic mass is 10.1. The number of carbonyl (C=O) groups excluding carboxylic acids is 1. The fraction of sp³-hybridized carbons (Fsp3) is 0.118. The Bertz CT molecular complexity index is 830. The van der Waals surface area contributed by atoms with E-state index >= 15 is 0 Å². The van der Waals surface area contributed by atoms with Crippen LogP contribution in [0.1, 0.15) is 27.2 Å². The zero-order valence-electron chi connectivity index (χ0n) is 12.4. The number of hydrogen-bond acceptors (Lipinski definition) is 4. The summed E-state index contributed by atoms with van der Waals surface area (Å²) in [6.07, 6.45) is 3.81. The maximum atomic E-state index is 12.9. The van der Waals surface area contributed by atoms with E-state index in [0.29, 0.717) is 17.1 Å². The van der Waals surface area contributed by atoms with Gasteiger partial charge in [-0.15, -0.1) is 11.3 Å². The van der Waals surface area contributed by atoms with Crippen molar-refractivity contribution in [2.24, 2.45) is 0 Å². The van der Waals surface area contributed by atoms with Crippen LogP contribution in [0.15, 0.2) is 48.1 Å². The maximum Gasteiger partial charge on any atom is 0.259 e. The molecule has 1 aromatic carbocycles. The summed E-state index contributed by atoms with van der Waals surface area (Å²) in [7, 11) is 0. The van der Waals surface area contributed by atoms with E-state index in [1.807, 2.05) is 12.3 Å². The van der Waals surface area contributed by atoms with Crippen LogP contribution in [0, 0.1) is 12.7 Å². The van der Waals surface area contributed by atoms with E-state index in [9.17, 15) is 9.18 Å². The lowest BCUT2D eigenvalue weighted by molar-refractivity contribution is 0.102. The Hall–Kier alpha value is -2.60. The number of hydrogen-bond donors (Lipinski definition) is 1. The molecule has 0 bridgehead atoms. The quantitative estimate of drug-likeness (QED) is 0.792. The van der Waals surface area contributed by atoms with Crippen LogP contribution >= 0.6 is 11.3 Å². The summed E-state index contributed by atoms with van der Waals surface area (Å²) in [6, 6.07) is 8.07. The number of halogens is 1. The summed E-state index contributed by atoms with van der Waals surface area (Å²) >= 11 is 1.38. The number of amides is 1. The molecule has 0 unspecified atom stereocenters. The predicted molar refractivity (Wildman–Crippen MR) is 88.2 cm³/mol. The molecule has 0 radical (unpaired) electrons. The lowest BCUT2D eigenvalue weighted by Gasteiger charge is -2.05. The van der Waals surface area contributed by atoms with Gasteiger partial charge in [0, 0.05) is 17.8 Å². The Labute approximate surface area is 137 Å². The molecule has 6 heteroatoms. The second kappa shape index (κ2) is 6.66. The molecule has 2 aromatic heterocycles. The van der Waals surface area contributed by atoms with Crippen molar-refractivity contribution >= 4 is 22.4 Å². The van der Waals surface area contributed by atoms with E-state index in [1.54, 1.807) is 24.4 Å². The van der Waals surface area contributed by atoms with Crippen LogP contribution in [0.4, 0.5) is 9.52 Å². The van der Waals surface area contributed by atoms with E-state index in [0.717, 1.165) is 16.8 Å². The molecule has 0 aliphatic carbocycles. The number of aryl methyl sites for hydroxylation is 1. The van der Waals surface area contributed by atoms with Gasteiger partial charge in [0.05, 0.1) is 11.3 Å². The molecule has 3 aromatic rings. The Morgan fingerprint density at radius 2 is 2.00 bits per heavy atom. The highest BCUT2D eigenvalue weighted by atomic mass is 32.1. The summed E-state index contributed by atoms with van der Waals surface area (Å²) in [5, 5.41) is 5.20. The highest BCUT2D eigenvalue weighted by Gasteiger charge is 2.10. The number of rotatable bonds is 4. The lowest BCUT2D eigenvalue weighted by Crippen LogP contribution is -2.12. The van der Waals surface area contributed by atoms with Crippen LogP contribution in [-0.2, 0) is 6.42 Å². The van der Waals surface area contributed by atoms with Gasteiger partial charge < -0.3 is 0 Å². The first-order chi connectivity index (χ1) is 11.1. The highest BCUT2D eigenvalue weighted by Crippen LogP contribution is 2.16. The Morgan fingerprint density at radius 3 is 2.70 bits per heavy atom. The van der Waals surface area contributed by atoms with Crippen molar-refractivity contribution in [1.82, 2.24) is 9.97 Å². The predicted octanol–water partition coefficient (Wildman–Crippen LogP) is 3.83. The molecule has 2 heterocycles. The molecule has 0 atom stereocenters. The summed E-state index contributed by atoms with van der Waals surface area (Å²) in [6.45, 7) is 1.87. The summed E-state index contributed by atoms with van der Waals surface area (Å²) in [4.78, 5) is 20.6. The zero-order valence-corrected chi connectivity index (χ0v) is 13.2. The Balaban J connectivity index is 1.73. The monoisotopic (exact) mass is 327 g/mol. The van der Waals surface area contributed by atoms with Crippen LogP contribution in [0.5, 0.6) is 0 Å². The molecule has 0 saturated heterocycles. The topological polar surface area (TPSA) is 54.9 Å². The number of pyridine rings is 1. The van der Waals surface area contributed by atoms with Crippen LogP contribution < -0.4 is 5.32 Å². The van der Waals surface area contributed by atoms with Crippen molar-refractivity contribution in [1.29, 1.82) is 0 Å². The molecule has 1 N–H and O–H groups in total. The molecule has 0 fully saturated rings. The summed E-state index contributed by atoms with van der Waals surface area (Å²) in [5.74, 6) is -0.508. The molecule has 0 saturated carbocycles. The second-order valence-corrected chi connectivity index (χ2v) is 5.99. The van der Waals surface area contributed by atoms with E-state index in [-0.39, 0.29) is 11.7 Å². The smallest absolute Gasteiger partial charge is 0.259 e. The molecule has 116 valence electrons. The molecular formula is C17H14FN3OS. The summed E-state index contributed by atoms with van der Waals surface area (Å²) in [5.41, 5.74) is 3.19. The Morgan fingerprint density at radius 1 is 1.22 bits per heavy atom. The first-order valence-electron chi connectivity index (χ1n) is 7.02. The first-order valence-corrected chi connectivity index (χ1v) is 7.90. The number of nitrogens with one attached hydrogen (secondary N) is 1. The van der Waals surface area contributed by atoms with Crippen LogP contribution in [-0.4, -0.2) is 15.9 Å². The average Bonchev–Trinajstić information content (AvgIpc) is 2.95. The highest BCUT2D eigenvalue weighted by molar-refractivity contribution is 7.13. The molecule has 0 aliphatic rings. The number of benzene rings is 1. The van der Waals surface area contributed by atoms with Crippen LogP contribution in [0.3, 0.4) is 0 Å². The third-order valence-corrected chi connectivity index (χ3v) is 4.09. The van der Waals surface area contributed by atoms with Crippen LogP contribution in [0.25, 0.3) is 0 Å². The van der Waals surface area contributed by atoms with Crippen molar-refractivity contribution in [2.45, 2.75) is 13.3 Å². The molecule has 0 spiro atoms. The maximum absolute atomic E-state index is 12.9. The molecule has 23 heavy (non-hydrogen) atoms. The third kappa shape index (κ3) is 3.98. The van der Waals surface area contributed by atoms with Crippen molar-refractivity contribution < 1.29 is 9.18 Å². The van der Waals surface area contributed by atoms with Crippen molar-refractivity contribution in [3.63, 3.8) is 0 Å². The van der Waals surface area contributed by atoms with Gasteiger partial charge in [-0.25, -0.2) is 9.37 Å². The van der Waals surface area contributed by atoms with Gasteiger partial charge in [-0.2, -0.15) is 0 Å². The van der Waals surface area contributed by atoms with E-state index in [1.165, 1.54) is 29.7 Å². The molecule has 0 aliphatic heterocycles. The third-order valence-electron chi connectivity index (χ3n) is 3.22. The minimum absolute atomic E-state index is 0.243. The van der Waals surface area contributed by atoms with Crippen LogP contribution in [0.2, 0.25) is 0 Å². The number of anilines is 1. The van der Waals surface area contributed by atoms with Gasteiger partial charge in [-0.1, -0.05) is 12.1 Å². The average molecular weight is 327 g/mol. The molecular weight excluding hydrogens is 313 g/mol. The standard InChI is InChI=1S/C17H14FN3OS/c1-11-10-23-17(20-11)21-16(22)14-7-13(8-19-9-14)6-12-2-4-15(18)5-3-12/h2-5,7-10H,6H2,1H3,(H,20,21,22). The van der Waals surface area contributed by atoms with Gasteiger partial charge in [0.25, 0.3) is 5.91 Å². The second-order valence-electron chi connectivity index (χ2n) is 5.13. The minimum atomic E-state index is -0.265. The van der Waals surface area contributed by atoms with Gasteiger partial charge >= 0.3 is 0 Å². The fourth-order valence-electron chi connectivity index (χ4n) is 2.13. The number of nitrogens with zero attached hydrogens (tertiary/aromatic N) is 2. The van der Waals surface area contributed by atoms with E-state index in [4.69, 9.17) is 0 Å². The van der Waals surface area contributed by atoms with Gasteiger partial charge in [0.1, 0.15) is 5.82 Å². The minimum Gasteiger partial charge on any atom is -0.298 e. The van der Waals surface area contributed by atoms with Gasteiger partial charge in [-0.05, 0) is 42.7 Å². The van der Waals surface area contributed by atoms with Crippen molar-refractivity contribution in [3.8, 4) is 0 Å². The van der Waals surface area contributed by atoms with Crippen molar-refractivity contribution in [2.75, 3.05) is 5.32 Å². The van der Waals surface area contributed by atoms with E-state index in [2.05, 4.69) is 15.3 Å². The van der Waals surface area contributed by atoms with Gasteiger partial charge in [0.2, 0.25) is 0 Å². The number of thiazole rings is 1. The Kier molecular flexibility index (Phi) is 4.43. The normalized spacial score (nSPS) is 10.5. The first kappa shape index (κ1) is 15.3. The van der Waals surface area contributed by atoms with Gasteiger partial charge in [-0.3, -0.25) is 15.1 Å². The van der Waals surface area contributed by atoms with Gasteiger partial charge in [0.15, 0.2) is 5.13 Å². The van der Waals surface area contributed by atoms with Crippen molar-refractivity contribution in [3.05, 3.63) is 76.3 Å². The molecule has 1 amide bonds. The molecule has 4 nitrogen and oxygen atoms in total. The summed E-state index contributed by atoms with van der Waals surface area (Å²) < 4.78 is 12.9. The van der Waals surface area contributed by atoms with E-state index < -0.39 is 0 Å².